The van der Waals surface area contributed by atoms with E-state index in [9.17, 15) is 18.0 Å². The molecule has 1 atom stereocenters. The van der Waals surface area contributed by atoms with Crippen LogP contribution in [0.5, 0.6) is 5.75 Å². The van der Waals surface area contributed by atoms with Crippen molar-refractivity contribution in [2.45, 2.75) is 18.8 Å². The van der Waals surface area contributed by atoms with E-state index in [1.54, 1.807) is 0 Å². The van der Waals surface area contributed by atoms with Crippen LogP contribution < -0.4 is 4.74 Å². The third-order valence-electron chi connectivity index (χ3n) is 4.61. The minimum absolute atomic E-state index is 0.0780. The van der Waals surface area contributed by atoms with Gasteiger partial charge in [0.2, 0.25) is 0 Å². The Bertz CT molecular complexity index is 621. The van der Waals surface area contributed by atoms with Crippen molar-refractivity contribution in [2.75, 3.05) is 50.9 Å². The quantitative estimate of drug-likeness (QED) is 0.772. The van der Waals surface area contributed by atoms with E-state index >= 15 is 0 Å². The molecule has 0 radical (unpaired) electrons. The Kier molecular flexibility index (Phi) is 6.88. The lowest BCUT2D eigenvalue weighted by Crippen LogP contribution is -2.50. The molecule has 0 spiro atoms. The monoisotopic (exact) mass is 404 g/mol. The summed E-state index contributed by atoms with van der Waals surface area (Å²) in [6.45, 7) is 4.56. The van der Waals surface area contributed by atoms with Gasteiger partial charge in [0, 0.05) is 37.5 Å². The molecular formula is C18H23F3N2O3S. The lowest BCUT2D eigenvalue weighted by atomic mass is 10.1. The number of hydrogen-bond donors (Lipinski definition) is 0. The highest BCUT2D eigenvalue weighted by molar-refractivity contribution is 7.99. The normalized spacial score (nSPS) is 22.3. The van der Waals surface area contributed by atoms with Gasteiger partial charge in [-0.2, -0.15) is 11.8 Å². The average Bonchev–Trinajstić information content (AvgIpc) is 2.87. The maximum absolute atomic E-state index is 13.0. The summed E-state index contributed by atoms with van der Waals surface area (Å²) >= 11 is 1.84. The number of carbonyl (C=O) groups is 1. The van der Waals surface area contributed by atoms with Crippen molar-refractivity contribution in [3.8, 4) is 5.75 Å². The molecular weight excluding hydrogens is 381 g/mol. The van der Waals surface area contributed by atoms with Crippen molar-refractivity contribution in [1.82, 2.24) is 9.80 Å². The summed E-state index contributed by atoms with van der Waals surface area (Å²) in [4.78, 5) is 17.2. The number of nitrogens with zero attached hydrogens (tertiary/aromatic N) is 2. The zero-order valence-corrected chi connectivity index (χ0v) is 15.7. The maximum atomic E-state index is 13.0. The summed E-state index contributed by atoms with van der Waals surface area (Å²) < 4.78 is 46.2. The minimum atomic E-state index is -4.74. The van der Waals surface area contributed by atoms with Crippen LogP contribution in [0, 0.1) is 0 Å². The van der Waals surface area contributed by atoms with E-state index in [-0.39, 0.29) is 17.7 Å². The predicted octanol–water partition coefficient (Wildman–Crippen LogP) is 2.87. The molecule has 9 heteroatoms. The first-order chi connectivity index (χ1) is 12.9. The Morgan fingerprint density at radius 2 is 1.89 bits per heavy atom. The second kappa shape index (κ2) is 9.16. The van der Waals surface area contributed by atoms with Crippen molar-refractivity contribution in [3.05, 3.63) is 29.8 Å². The van der Waals surface area contributed by atoms with Crippen LogP contribution in [0.25, 0.3) is 0 Å². The molecule has 0 saturated carbocycles. The molecule has 1 unspecified atom stereocenters. The van der Waals surface area contributed by atoms with Gasteiger partial charge in [-0.15, -0.1) is 13.2 Å². The van der Waals surface area contributed by atoms with Gasteiger partial charge in [-0.25, -0.2) is 0 Å². The van der Waals surface area contributed by atoms with Crippen LogP contribution in [0.4, 0.5) is 13.2 Å². The fourth-order valence-corrected chi connectivity index (χ4v) is 4.35. The first-order valence-electron chi connectivity index (χ1n) is 8.97. The number of halogens is 3. The number of carbonyl (C=O) groups excluding carboxylic acids is 1. The summed E-state index contributed by atoms with van der Waals surface area (Å²) in [7, 11) is 0. The number of rotatable bonds is 4. The lowest BCUT2D eigenvalue weighted by molar-refractivity contribution is -0.274. The van der Waals surface area contributed by atoms with E-state index in [0.717, 1.165) is 37.6 Å². The first-order valence-corrected chi connectivity index (χ1v) is 10.1. The molecule has 2 saturated heterocycles. The Hall–Kier alpha value is -1.45. The summed E-state index contributed by atoms with van der Waals surface area (Å²) in [5.41, 5.74) is 0.378. The highest BCUT2D eigenvalue weighted by Gasteiger charge is 2.32. The zero-order chi connectivity index (χ0) is 19.3. The number of alkyl halides is 3. The van der Waals surface area contributed by atoms with Gasteiger partial charge in [0.15, 0.2) is 0 Å². The Morgan fingerprint density at radius 3 is 2.56 bits per heavy atom. The van der Waals surface area contributed by atoms with E-state index in [1.165, 1.54) is 24.3 Å². The summed E-state index contributed by atoms with van der Waals surface area (Å²) in [5.74, 6) is 1.39. The van der Waals surface area contributed by atoms with Crippen LogP contribution in [0.1, 0.15) is 16.8 Å². The maximum Gasteiger partial charge on any atom is 0.573 e. The van der Waals surface area contributed by atoms with Crippen molar-refractivity contribution in [2.24, 2.45) is 0 Å². The smallest absolute Gasteiger partial charge is 0.406 e. The molecule has 0 aliphatic carbocycles. The van der Waals surface area contributed by atoms with Crippen molar-refractivity contribution in [3.63, 3.8) is 0 Å². The molecule has 27 heavy (non-hydrogen) atoms. The first kappa shape index (κ1) is 20.3. The summed E-state index contributed by atoms with van der Waals surface area (Å²) in [6.07, 6.45) is -3.83. The Balaban J connectivity index is 1.69. The average molecular weight is 404 g/mol. The molecule has 2 aliphatic heterocycles. The fraction of sp³-hybridized carbons (Fsp3) is 0.611. The highest BCUT2D eigenvalue weighted by atomic mass is 32.2. The molecule has 2 heterocycles. The number of amides is 1. The van der Waals surface area contributed by atoms with Gasteiger partial charge in [-0.3, -0.25) is 9.69 Å². The van der Waals surface area contributed by atoms with Crippen molar-refractivity contribution in [1.29, 1.82) is 0 Å². The van der Waals surface area contributed by atoms with E-state index in [0.29, 0.717) is 25.3 Å². The SMILES string of the molecule is O=C(c1ccc(OC(F)(F)F)cc1)N1CCCSCC1CN1CCOCC1. The van der Waals surface area contributed by atoms with Crippen LogP contribution in [-0.4, -0.2) is 79.0 Å². The lowest BCUT2D eigenvalue weighted by Gasteiger charge is -2.35. The van der Waals surface area contributed by atoms with Crippen molar-refractivity contribution < 1.29 is 27.4 Å². The molecule has 3 rings (SSSR count). The number of morpholine rings is 1. The Labute approximate surface area is 160 Å². The molecule has 0 aromatic heterocycles. The minimum Gasteiger partial charge on any atom is -0.406 e. The molecule has 0 bridgehead atoms. The number of thioether (sulfide) groups is 1. The molecule has 5 nitrogen and oxygen atoms in total. The van der Waals surface area contributed by atoms with E-state index in [4.69, 9.17) is 4.74 Å². The summed E-state index contributed by atoms with van der Waals surface area (Å²) in [6, 6.07) is 5.24. The Morgan fingerprint density at radius 1 is 1.19 bits per heavy atom. The zero-order valence-electron chi connectivity index (χ0n) is 14.9. The standard InChI is InChI=1S/C18H23F3N2O3S/c19-18(20,21)26-16-4-2-14(3-5-16)17(24)23-6-1-11-27-13-15(23)12-22-7-9-25-10-8-22/h2-5,15H,1,6-13H2. The van der Waals surface area contributed by atoms with Crippen molar-refractivity contribution >= 4 is 17.7 Å². The molecule has 150 valence electrons. The molecule has 2 aliphatic rings. The number of hydrogen-bond acceptors (Lipinski definition) is 5. The van der Waals surface area contributed by atoms with E-state index in [2.05, 4.69) is 9.64 Å². The van der Waals surface area contributed by atoms with Gasteiger partial charge in [0.25, 0.3) is 5.91 Å². The van der Waals surface area contributed by atoms with Crippen LogP contribution >= 0.6 is 11.8 Å². The molecule has 2 fully saturated rings. The largest absolute Gasteiger partial charge is 0.573 e. The summed E-state index contributed by atoms with van der Waals surface area (Å²) in [5, 5.41) is 0. The molecule has 1 aromatic rings. The van der Waals surface area contributed by atoms with E-state index < -0.39 is 6.36 Å². The topological polar surface area (TPSA) is 42.0 Å². The van der Waals surface area contributed by atoms with Crippen LogP contribution in [-0.2, 0) is 4.74 Å². The van der Waals surface area contributed by atoms with Crippen LogP contribution in [0.15, 0.2) is 24.3 Å². The molecule has 1 amide bonds. The third-order valence-corrected chi connectivity index (χ3v) is 5.80. The van der Waals surface area contributed by atoms with Gasteiger partial charge in [-0.05, 0) is 36.4 Å². The second-order valence-electron chi connectivity index (χ2n) is 6.57. The van der Waals surface area contributed by atoms with Gasteiger partial charge < -0.3 is 14.4 Å². The van der Waals surface area contributed by atoms with Crippen LogP contribution in [0.2, 0.25) is 0 Å². The number of benzene rings is 1. The molecule has 1 aromatic carbocycles. The van der Waals surface area contributed by atoms with Gasteiger partial charge in [0.1, 0.15) is 5.75 Å². The fourth-order valence-electron chi connectivity index (χ4n) is 3.29. The highest BCUT2D eigenvalue weighted by Crippen LogP contribution is 2.24. The predicted molar refractivity (Wildman–Crippen MR) is 97.2 cm³/mol. The van der Waals surface area contributed by atoms with Gasteiger partial charge in [0.05, 0.1) is 19.3 Å². The number of ether oxygens (including phenoxy) is 2. The van der Waals surface area contributed by atoms with Crippen LogP contribution in [0.3, 0.4) is 0 Å². The van der Waals surface area contributed by atoms with Gasteiger partial charge >= 0.3 is 6.36 Å². The molecule has 0 N–H and O–H groups in total. The van der Waals surface area contributed by atoms with Gasteiger partial charge in [-0.1, -0.05) is 0 Å². The van der Waals surface area contributed by atoms with E-state index in [1.807, 2.05) is 16.7 Å². The third kappa shape index (κ3) is 6.02. The second-order valence-corrected chi connectivity index (χ2v) is 7.72.